The number of anilines is 1. The second kappa shape index (κ2) is 5.69. The molecule has 0 radical (unpaired) electrons. The van der Waals surface area contributed by atoms with E-state index in [0.29, 0.717) is 20.9 Å². The maximum atomic E-state index is 12.3. The van der Waals surface area contributed by atoms with Gasteiger partial charge in [0.1, 0.15) is 0 Å². The molecule has 4 nitrogen and oxygen atoms in total. The minimum absolute atomic E-state index is 0.0718. The van der Waals surface area contributed by atoms with E-state index in [4.69, 9.17) is 16.3 Å². The molecule has 0 bridgehead atoms. The lowest BCUT2D eigenvalue weighted by Crippen LogP contribution is -2.48. The molecule has 104 valence electrons. The van der Waals surface area contributed by atoms with Crippen molar-refractivity contribution in [3.63, 3.8) is 0 Å². The lowest BCUT2D eigenvalue weighted by molar-refractivity contribution is -0.121. The largest absolute Gasteiger partial charge is 0.493 e. The first-order valence-corrected chi connectivity index (χ1v) is 7.23. The Labute approximate surface area is 126 Å². The van der Waals surface area contributed by atoms with Crippen LogP contribution < -0.4 is 15.4 Å². The summed E-state index contributed by atoms with van der Waals surface area (Å²) < 4.78 is 6.00. The van der Waals surface area contributed by atoms with Crippen LogP contribution in [0.1, 0.15) is 19.8 Å². The smallest absolute Gasteiger partial charge is 0.244 e. The van der Waals surface area contributed by atoms with Crippen LogP contribution in [-0.2, 0) is 4.79 Å². The third-order valence-corrected chi connectivity index (χ3v) is 4.14. The Balaban J connectivity index is 2.25. The zero-order valence-corrected chi connectivity index (χ0v) is 13.2. The quantitative estimate of drug-likeness (QED) is 0.883. The van der Waals surface area contributed by atoms with Gasteiger partial charge in [0.05, 0.1) is 22.8 Å². The summed E-state index contributed by atoms with van der Waals surface area (Å²) in [5.74, 6) is 0.497. The minimum atomic E-state index is -0.528. The summed E-state index contributed by atoms with van der Waals surface area (Å²) in [6.45, 7) is 2.77. The van der Waals surface area contributed by atoms with Crippen LogP contribution in [0.4, 0.5) is 5.69 Å². The summed E-state index contributed by atoms with van der Waals surface area (Å²) in [5, 5.41) is 6.64. The molecule has 0 spiro atoms. The number of benzene rings is 1. The second-order valence-corrected chi connectivity index (χ2v) is 6.08. The monoisotopic (exact) mass is 346 g/mol. The summed E-state index contributed by atoms with van der Waals surface area (Å²) in [7, 11) is 1.55. The van der Waals surface area contributed by atoms with E-state index in [2.05, 4.69) is 26.6 Å². The van der Waals surface area contributed by atoms with Gasteiger partial charge in [0.25, 0.3) is 0 Å². The molecule has 1 saturated heterocycles. The number of hydrogen-bond donors (Lipinski definition) is 2. The zero-order valence-electron chi connectivity index (χ0n) is 10.8. The summed E-state index contributed by atoms with van der Waals surface area (Å²) in [6, 6.07) is 3.41. The van der Waals surface area contributed by atoms with Crippen LogP contribution in [0, 0.1) is 0 Å². The standard InChI is InChI=1S/C13H16BrClN2O2/c1-13(4-3-5-16-13)12(18)17-10-7-8(15)6-9(14)11(10)19-2/h6-7,16H,3-5H2,1-2H3,(H,17,18). The average molecular weight is 348 g/mol. The van der Waals surface area contributed by atoms with Gasteiger partial charge < -0.3 is 15.4 Å². The molecule has 1 heterocycles. The van der Waals surface area contributed by atoms with Gasteiger partial charge in [-0.2, -0.15) is 0 Å². The van der Waals surface area contributed by atoms with E-state index in [9.17, 15) is 4.79 Å². The van der Waals surface area contributed by atoms with Crippen molar-refractivity contribution < 1.29 is 9.53 Å². The van der Waals surface area contributed by atoms with Gasteiger partial charge in [-0.25, -0.2) is 0 Å². The Morgan fingerprint density at radius 2 is 2.32 bits per heavy atom. The number of nitrogens with one attached hydrogen (secondary N) is 2. The molecule has 0 saturated carbocycles. The van der Waals surface area contributed by atoms with Gasteiger partial charge in [-0.15, -0.1) is 0 Å². The molecule has 0 aliphatic carbocycles. The summed E-state index contributed by atoms with van der Waals surface area (Å²) in [5.41, 5.74) is 0.0431. The minimum Gasteiger partial charge on any atom is -0.493 e. The second-order valence-electron chi connectivity index (χ2n) is 4.78. The Kier molecular flexibility index (Phi) is 4.38. The topological polar surface area (TPSA) is 50.4 Å². The molecule has 2 N–H and O–H groups in total. The van der Waals surface area contributed by atoms with Crippen molar-refractivity contribution in [3.8, 4) is 5.75 Å². The van der Waals surface area contributed by atoms with Gasteiger partial charge in [-0.05, 0) is 54.4 Å². The normalized spacial score (nSPS) is 22.3. The third-order valence-electron chi connectivity index (χ3n) is 3.33. The van der Waals surface area contributed by atoms with Crippen LogP contribution in [0.5, 0.6) is 5.75 Å². The number of amides is 1. The van der Waals surface area contributed by atoms with E-state index in [1.807, 2.05) is 6.92 Å². The van der Waals surface area contributed by atoms with E-state index in [-0.39, 0.29) is 5.91 Å². The van der Waals surface area contributed by atoms with E-state index >= 15 is 0 Å². The lowest BCUT2D eigenvalue weighted by atomic mass is 9.99. The van der Waals surface area contributed by atoms with Gasteiger partial charge in [0, 0.05) is 5.02 Å². The average Bonchev–Trinajstić information content (AvgIpc) is 2.77. The van der Waals surface area contributed by atoms with Crippen LogP contribution in [0.15, 0.2) is 16.6 Å². The van der Waals surface area contributed by atoms with Crippen molar-refractivity contribution in [3.05, 3.63) is 21.6 Å². The fraction of sp³-hybridized carbons (Fsp3) is 0.462. The Morgan fingerprint density at radius 1 is 1.58 bits per heavy atom. The highest BCUT2D eigenvalue weighted by Gasteiger charge is 2.36. The van der Waals surface area contributed by atoms with Crippen molar-refractivity contribution >= 4 is 39.1 Å². The first-order valence-electron chi connectivity index (χ1n) is 6.06. The molecule has 6 heteroatoms. The maximum absolute atomic E-state index is 12.3. The van der Waals surface area contributed by atoms with Crippen molar-refractivity contribution in [1.82, 2.24) is 5.32 Å². The van der Waals surface area contributed by atoms with E-state index in [0.717, 1.165) is 19.4 Å². The van der Waals surface area contributed by atoms with Gasteiger partial charge in [0.2, 0.25) is 5.91 Å². The molecule has 1 aromatic rings. The summed E-state index contributed by atoms with van der Waals surface area (Å²) in [4.78, 5) is 12.3. The molecule has 1 atom stereocenters. The number of rotatable bonds is 3. The van der Waals surface area contributed by atoms with Crippen LogP contribution in [0.3, 0.4) is 0 Å². The van der Waals surface area contributed by atoms with Gasteiger partial charge in [-0.3, -0.25) is 4.79 Å². The predicted molar refractivity (Wildman–Crippen MR) is 80.0 cm³/mol. The highest BCUT2D eigenvalue weighted by atomic mass is 79.9. The molecule has 1 fully saturated rings. The third kappa shape index (κ3) is 3.04. The maximum Gasteiger partial charge on any atom is 0.244 e. The predicted octanol–water partition coefficient (Wildman–Crippen LogP) is 3.19. The van der Waals surface area contributed by atoms with Gasteiger partial charge in [-0.1, -0.05) is 11.6 Å². The van der Waals surface area contributed by atoms with Crippen molar-refractivity contribution in [2.45, 2.75) is 25.3 Å². The van der Waals surface area contributed by atoms with Gasteiger partial charge >= 0.3 is 0 Å². The molecular formula is C13H16BrClN2O2. The molecule has 1 aliphatic rings. The van der Waals surface area contributed by atoms with E-state index in [1.54, 1.807) is 19.2 Å². The number of carbonyl (C=O) groups excluding carboxylic acids is 1. The van der Waals surface area contributed by atoms with Gasteiger partial charge in [0.15, 0.2) is 5.75 Å². The molecular weight excluding hydrogens is 332 g/mol. The van der Waals surface area contributed by atoms with Crippen LogP contribution in [-0.4, -0.2) is 25.1 Å². The molecule has 1 aromatic carbocycles. The first kappa shape index (κ1) is 14.6. The van der Waals surface area contributed by atoms with Crippen LogP contribution in [0.25, 0.3) is 0 Å². The SMILES string of the molecule is COc1c(Br)cc(Cl)cc1NC(=O)C1(C)CCCN1. The highest BCUT2D eigenvalue weighted by molar-refractivity contribution is 9.10. The highest BCUT2D eigenvalue weighted by Crippen LogP contribution is 2.37. The number of halogens is 2. The molecule has 2 rings (SSSR count). The van der Waals surface area contributed by atoms with E-state index in [1.165, 1.54) is 0 Å². The van der Waals surface area contributed by atoms with Crippen molar-refractivity contribution in [2.75, 3.05) is 19.0 Å². The fourth-order valence-corrected chi connectivity index (χ4v) is 3.18. The lowest BCUT2D eigenvalue weighted by Gasteiger charge is -2.24. The number of methoxy groups -OCH3 is 1. The van der Waals surface area contributed by atoms with Crippen LogP contribution >= 0.6 is 27.5 Å². The summed E-state index contributed by atoms with van der Waals surface area (Å²) in [6.07, 6.45) is 1.82. The number of ether oxygens (including phenoxy) is 1. The van der Waals surface area contributed by atoms with Crippen molar-refractivity contribution in [1.29, 1.82) is 0 Å². The van der Waals surface area contributed by atoms with Crippen molar-refractivity contribution in [2.24, 2.45) is 0 Å². The fourth-order valence-electron chi connectivity index (χ4n) is 2.21. The molecule has 1 unspecified atom stereocenters. The Bertz CT molecular complexity index is 502. The molecule has 1 aliphatic heterocycles. The molecule has 19 heavy (non-hydrogen) atoms. The zero-order chi connectivity index (χ0) is 14.0. The van der Waals surface area contributed by atoms with E-state index < -0.39 is 5.54 Å². The van der Waals surface area contributed by atoms with Crippen LogP contribution in [0.2, 0.25) is 5.02 Å². The summed E-state index contributed by atoms with van der Waals surface area (Å²) >= 11 is 9.37. The molecule has 0 aromatic heterocycles. The number of carbonyl (C=O) groups is 1. The molecule has 1 amide bonds. The first-order chi connectivity index (χ1) is 8.96. The Hall–Kier alpha value is -0.780. The number of hydrogen-bond acceptors (Lipinski definition) is 3. The Morgan fingerprint density at radius 3 is 2.89 bits per heavy atom.